The Bertz CT molecular complexity index is 944. The lowest BCUT2D eigenvalue weighted by molar-refractivity contribution is 0.113. The first-order chi connectivity index (χ1) is 15.7. The smallest absolute Gasteiger partial charge is 0.231 e. The van der Waals surface area contributed by atoms with Crippen LogP contribution in [0.3, 0.4) is 0 Å². The number of nitrogens with zero attached hydrogens (tertiary/aromatic N) is 2. The van der Waals surface area contributed by atoms with E-state index in [9.17, 15) is 0 Å². The van der Waals surface area contributed by atoms with E-state index < -0.39 is 0 Å². The zero-order chi connectivity index (χ0) is 22.0. The standard InChI is InChI=1S/C25H32N2O5/c1-28-12-10-26(11-13-29-2)8-5-9-27-16-25(19-6-3-4-7-21(19)27)17-30-22-15-24-23(14-20(22)25)31-18-32-24/h3-4,6-7,14-15H,5,8-13,16-18H2,1-2H3. The maximum Gasteiger partial charge on any atom is 0.231 e. The van der Waals surface area contributed by atoms with Crippen LogP contribution in [-0.2, 0) is 14.9 Å². The molecular weight excluding hydrogens is 408 g/mol. The van der Waals surface area contributed by atoms with E-state index in [1.165, 1.54) is 16.8 Å². The normalized spacial score (nSPS) is 20.2. The number of hydrogen-bond donors (Lipinski definition) is 0. The van der Waals surface area contributed by atoms with Crippen molar-refractivity contribution in [3.63, 3.8) is 0 Å². The summed E-state index contributed by atoms with van der Waals surface area (Å²) in [5.41, 5.74) is 3.69. The highest BCUT2D eigenvalue weighted by molar-refractivity contribution is 5.70. The van der Waals surface area contributed by atoms with Crippen LogP contribution in [0.25, 0.3) is 0 Å². The largest absolute Gasteiger partial charge is 0.492 e. The van der Waals surface area contributed by atoms with E-state index in [1.807, 2.05) is 6.07 Å². The Morgan fingerprint density at radius 3 is 2.44 bits per heavy atom. The molecule has 2 aromatic rings. The quantitative estimate of drug-likeness (QED) is 0.563. The van der Waals surface area contributed by atoms with Gasteiger partial charge in [0.05, 0.1) is 18.6 Å². The molecule has 0 saturated carbocycles. The lowest BCUT2D eigenvalue weighted by Crippen LogP contribution is -2.38. The van der Waals surface area contributed by atoms with Crippen molar-refractivity contribution in [1.29, 1.82) is 0 Å². The highest BCUT2D eigenvalue weighted by atomic mass is 16.7. The number of rotatable bonds is 10. The fourth-order valence-electron chi connectivity index (χ4n) is 5.16. The van der Waals surface area contributed by atoms with Gasteiger partial charge in [-0.25, -0.2) is 0 Å². The molecule has 2 aromatic carbocycles. The van der Waals surface area contributed by atoms with Crippen LogP contribution in [-0.4, -0.2) is 78.5 Å². The molecule has 0 bridgehead atoms. The Balaban J connectivity index is 1.33. The van der Waals surface area contributed by atoms with E-state index in [2.05, 4.69) is 40.1 Å². The first kappa shape index (κ1) is 21.4. The van der Waals surface area contributed by atoms with Crippen LogP contribution in [0.15, 0.2) is 36.4 Å². The summed E-state index contributed by atoms with van der Waals surface area (Å²) in [5, 5.41) is 0. The predicted octanol–water partition coefficient (Wildman–Crippen LogP) is 2.90. The van der Waals surface area contributed by atoms with Crippen LogP contribution < -0.4 is 19.1 Å². The molecule has 5 rings (SSSR count). The molecule has 0 aromatic heterocycles. The molecule has 0 aliphatic carbocycles. The topological polar surface area (TPSA) is 52.6 Å². The van der Waals surface area contributed by atoms with Gasteiger partial charge in [0, 0.05) is 64.3 Å². The maximum absolute atomic E-state index is 6.20. The first-order valence-electron chi connectivity index (χ1n) is 11.4. The Kier molecular flexibility index (Phi) is 6.13. The number of hydrogen-bond acceptors (Lipinski definition) is 7. The monoisotopic (exact) mass is 440 g/mol. The average molecular weight is 441 g/mol. The van der Waals surface area contributed by atoms with Crippen molar-refractivity contribution in [2.75, 3.05) is 78.5 Å². The molecule has 1 spiro atoms. The van der Waals surface area contributed by atoms with Gasteiger partial charge in [0.2, 0.25) is 6.79 Å². The summed E-state index contributed by atoms with van der Waals surface area (Å²) in [4.78, 5) is 4.93. The molecule has 0 radical (unpaired) electrons. The molecule has 32 heavy (non-hydrogen) atoms. The van der Waals surface area contributed by atoms with Gasteiger partial charge in [-0.2, -0.15) is 0 Å². The Hall–Kier alpha value is -2.48. The van der Waals surface area contributed by atoms with E-state index in [-0.39, 0.29) is 12.2 Å². The van der Waals surface area contributed by atoms with Gasteiger partial charge in [-0.15, -0.1) is 0 Å². The number of anilines is 1. The van der Waals surface area contributed by atoms with E-state index in [0.717, 1.165) is 69.6 Å². The molecule has 0 saturated heterocycles. The first-order valence-corrected chi connectivity index (χ1v) is 11.4. The molecule has 0 amide bonds. The van der Waals surface area contributed by atoms with Crippen molar-refractivity contribution in [1.82, 2.24) is 4.90 Å². The van der Waals surface area contributed by atoms with Crippen molar-refractivity contribution in [2.45, 2.75) is 11.8 Å². The summed E-state index contributed by atoms with van der Waals surface area (Å²) < 4.78 is 28.0. The van der Waals surface area contributed by atoms with E-state index in [0.29, 0.717) is 6.61 Å². The van der Waals surface area contributed by atoms with Crippen molar-refractivity contribution < 1.29 is 23.7 Å². The molecule has 3 aliphatic rings. The van der Waals surface area contributed by atoms with Gasteiger partial charge in [-0.05, 0) is 24.1 Å². The molecule has 0 fully saturated rings. The summed E-state index contributed by atoms with van der Waals surface area (Å²) in [6.07, 6.45) is 1.08. The van der Waals surface area contributed by atoms with Crippen molar-refractivity contribution in [3.8, 4) is 17.2 Å². The summed E-state index contributed by atoms with van der Waals surface area (Å²) in [6.45, 7) is 7.17. The minimum absolute atomic E-state index is 0.168. The molecular formula is C25H32N2O5. The zero-order valence-electron chi connectivity index (χ0n) is 19.0. The number of benzene rings is 2. The van der Waals surface area contributed by atoms with Crippen LogP contribution in [0.5, 0.6) is 17.2 Å². The minimum Gasteiger partial charge on any atom is -0.492 e. The molecule has 3 heterocycles. The van der Waals surface area contributed by atoms with Crippen molar-refractivity contribution in [2.24, 2.45) is 0 Å². The highest BCUT2D eigenvalue weighted by Gasteiger charge is 2.50. The van der Waals surface area contributed by atoms with Crippen molar-refractivity contribution >= 4 is 5.69 Å². The van der Waals surface area contributed by atoms with Gasteiger partial charge in [0.15, 0.2) is 11.5 Å². The Morgan fingerprint density at radius 1 is 0.906 bits per heavy atom. The third kappa shape index (κ3) is 3.78. The SMILES string of the molecule is COCCN(CCCN1CC2(COc3cc4c(cc32)OCO4)c2ccccc21)CCOC. The summed E-state index contributed by atoms with van der Waals surface area (Å²) >= 11 is 0. The average Bonchev–Trinajstić information content (AvgIpc) is 3.51. The van der Waals surface area contributed by atoms with Gasteiger partial charge in [-0.3, -0.25) is 4.90 Å². The molecule has 3 aliphatic heterocycles. The van der Waals surface area contributed by atoms with Crippen LogP contribution in [0.4, 0.5) is 5.69 Å². The highest BCUT2D eigenvalue weighted by Crippen LogP contribution is 2.54. The number of ether oxygens (including phenoxy) is 5. The third-order valence-electron chi connectivity index (χ3n) is 6.81. The van der Waals surface area contributed by atoms with Gasteiger partial charge in [0.25, 0.3) is 0 Å². The molecule has 172 valence electrons. The third-order valence-corrected chi connectivity index (χ3v) is 6.81. The fraction of sp³-hybridized carbons (Fsp3) is 0.520. The molecule has 0 N–H and O–H groups in total. The Morgan fingerprint density at radius 2 is 1.66 bits per heavy atom. The van der Waals surface area contributed by atoms with Gasteiger partial charge in [0.1, 0.15) is 12.4 Å². The number of fused-ring (bicyclic) bond motifs is 5. The number of para-hydroxylation sites is 1. The van der Waals surface area contributed by atoms with Crippen molar-refractivity contribution in [3.05, 3.63) is 47.5 Å². The Labute approximate surface area is 189 Å². The molecule has 1 atom stereocenters. The van der Waals surface area contributed by atoms with Gasteiger partial charge < -0.3 is 28.6 Å². The summed E-state index contributed by atoms with van der Waals surface area (Å²) in [5.74, 6) is 2.50. The maximum atomic E-state index is 6.20. The zero-order valence-corrected chi connectivity index (χ0v) is 19.0. The van der Waals surface area contributed by atoms with Gasteiger partial charge in [-0.1, -0.05) is 18.2 Å². The van der Waals surface area contributed by atoms with E-state index in [4.69, 9.17) is 23.7 Å². The lowest BCUT2D eigenvalue weighted by atomic mass is 9.77. The lowest BCUT2D eigenvalue weighted by Gasteiger charge is -2.27. The fourth-order valence-corrected chi connectivity index (χ4v) is 5.16. The minimum atomic E-state index is -0.168. The van der Waals surface area contributed by atoms with E-state index >= 15 is 0 Å². The predicted molar refractivity (Wildman–Crippen MR) is 122 cm³/mol. The second-order valence-electron chi connectivity index (χ2n) is 8.69. The molecule has 7 heteroatoms. The van der Waals surface area contributed by atoms with Crippen LogP contribution >= 0.6 is 0 Å². The summed E-state index contributed by atoms with van der Waals surface area (Å²) in [7, 11) is 3.51. The van der Waals surface area contributed by atoms with Gasteiger partial charge >= 0.3 is 0 Å². The second kappa shape index (κ2) is 9.17. The summed E-state index contributed by atoms with van der Waals surface area (Å²) in [6, 6.07) is 12.9. The van der Waals surface area contributed by atoms with Crippen LogP contribution in [0, 0.1) is 0 Å². The van der Waals surface area contributed by atoms with E-state index in [1.54, 1.807) is 14.2 Å². The molecule has 7 nitrogen and oxygen atoms in total. The van der Waals surface area contributed by atoms with Crippen LogP contribution in [0.2, 0.25) is 0 Å². The number of methoxy groups -OCH3 is 2. The molecule has 1 unspecified atom stereocenters. The second-order valence-corrected chi connectivity index (χ2v) is 8.69. The van der Waals surface area contributed by atoms with Crippen LogP contribution in [0.1, 0.15) is 17.5 Å².